The van der Waals surface area contributed by atoms with Crippen LogP contribution in [-0.2, 0) is 6.54 Å². The Balaban J connectivity index is 1.73. The molecule has 0 aliphatic heterocycles. The summed E-state index contributed by atoms with van der Waals surface area (Å²) in [6.45, 7) is 0.115. The Morgan fingerprint density at radius 3 is 2.88 bits per heavy atom. The van der Waals surface area contributed by atoms with E-state index in [4.69, 9.17) is 4.52 Å². The summed E-state index contributed by atoms with van der Waals surface area (Å²) in [6.07, 6.45) is 1.26. The summed E-state index contributed by atoms with van der Waals surface area (Å²) in [6, 6.07) is 13.2. The smallest absolute Gasteiger partial charge is 0.269 e. The van der Waals surface area contributed by atoms with Crippen LogP contribution in [0.25, 0.3) is 22.4 Å². The monoisotopic (exact) mass is 322 g/mol. The first-order chi connectivity index (χ1) is 11.7. The molecule has 2 aromatic carbocycles. The molecule has 6 nitrogen and oxygen atoms in total. The van der Waals surface area contributed by atoms with Gasteiger partial charge in [0.1, 0.15) is 12.4 Å². The normalized spacial score (nSPS) is 11.0. The van der Waals surface area contributed by atoms with Crippen molar-refractivity contribution in [3.63, 3.8) is 0 Å². The van der Waals surface area contributed by atoms with Gasteiger partial charge in [-0.05, 0) is 24.3 Å². The predicted molar refractivity (Wildman–Crippen MR) is 84.8 cm³/mol. The van der Waals surface area contributed by atoms with Crippen LogP contribution in [0.15, 0.2) is 64.0 Å². The van der Waals surface area contributed by atoms with Crippen molar-refractivity contribution in [2.45, 2.75) is 6.54 Å². The van der Waals surface area contributed by atoms with Gasteiger partial charge in [0.05, 0.1) is 17.2 Å². The summed E-state index contributed by atoms with van der Waals surface area (Å²) in [5, 5.41) is 3.85. The number of halogens is 1. The molecule has 24 heavy (non-hydrogen) atoms. The Kier molecular flexibility index (Phi) is 3.38. The minimum Gasteiger partial charge on any atom is -0.337 e. The summed E-state index contributed by atoms with van der Waals surface area (Å²) in [7, 11) is 0. The second kappa shape index (κ2) is 5.69. The molecule has 0 aliphatic carbocycles. The van der Waals surface area contributed by atoms with Crippen LogP contribution >= 0.6 is 0 Å². The first-order valence-corrected chi connectivity index (χ1v) is 7.24. The fourth-order valence-electron chi connectivity index (χ4n) is 2.48. The second-order valence-electron chi connectivity index (χ2n) is 5.19. The van der Waals surface area contributed by atoms with Crippen LogP contribution in [0.4, 0.5) is 4.39 Å². The molecule has 4 rings (SSSR count). The molecule has 0 spiro atoms. The molecule has 0 atom stereocenters. The molecule has 7 heteroatoms. The van der Waals surface area contributed by atoms with Gasteiger partial charge >= 0.3 is 0 Å². The lowest BCUT2D eigenvalue weighted by molar-refractivity contribution is 0.371. The average Bonchev–Trinajstić information content (AvgIpc) is 3.06. The minimum atomic E-state index is -0.379. The number of rotatable bonds is 3. The fourth-order valence-corrected chi connectivity index (χ4v) is 2.48. The number of para-hydroxylation sites is 2. The van der Waals surface area contributed by atoms with Crippen LogP contribution in [-0.4, -0.2) is 19.7 Å². The molecule has 0 amide bonds. The molecule has 0 unspecified atom stereocenters. The highest BCUT2D eigenvalue weighted by Crippen LogP contribution is 2.17. The Labute approximate surface area is 135 Å². The molecule has 0 fully saturated rings. The summed E-state index contributed by atoms with van der Waals surface area (Å²) in [5.41, 5.74) is 1.62. The van der Waals surface area contributed by atoms with Gasteiger partial charge in [-0.15, -0.1) is 0 Å². The van der Waals surface area contributed by atoms with Crippen molar-refractivity contribution in [3.05, 3.63) is 76.8 Å². The standard InChI is InChI=1S/C17H11FN4O2/c18-12-5-3-4-11(8-12)17-20-15(24-21-17)10-22-14-7-2-1-6-13(14)19-9-16(22)23/h1-9H,10H2. The SMILES string of the molecule is O=c1cnc2ccccc2n1Cc1nc(-c2cccc(F)c2)no1. The highest BCUT2D eigenvalue weighted by atomic mass is 19.1. The summed E-state index contributed by atoms with van der Waals surface area (Å²) in [4.78, 5) is 20.5. The van der Waals surface area contributed by atoms with Gasteiger partial charge in [-0.1, -0.05) is 29.4 Å². The molecule has 0 saturated heterocycles. The zero-order valence-electron chi connectivity index (χ0n) is 12.4. The van der Waals surface area contributed by atoms with Gasteiger partial charge in [-0.3, -0.25) is 9.36 Å². The van der Waals surface area contributed by atoms with E-state index in [-0.39, 0.29) is 29.6 Å². The van der Waals surface area contributed by atoms with Gasteiger partial charge in [-0.25, -0.2) is 9.37 Å². The van der Waals surface area contributed by atoms with Crippen molar-refractivity contribution in [2.75, 3.05) is 0 Å². The zero-order chi connectivity index (χ0) is 16.5. The molecule has 0 N–H and O–H groups in total. The maximum Gasteiger partial charge on any atom is 0.269 e. The number of hydrogen-bond acceptors (Lipinski definition) is 5. The first-order valence-electron chi connectivity index (χ1n) is 7.24. The molecule has 4 aromatic rings. The van der Waals surface area contributed by atoms with Gasteiger partial charge in [0.15, 0.2) is 0 Å². The lowest BCUT2D eigenvalue weighted by Crippen LogP contribution is -2.21. The van der Waals surface area contributed by atoms with Crippen LogP contribution in [0.5, 0.6) is 0 Å². The lowest BCUT2D eigenvalue weighted by Gasteiger charge is -2.06. The van der Waals surface area contributed by atoms with E-state index in [9.17, 15) is 9.18 Å². The van der Waals surface area contributed by atoms with Crippen molar-refractivity contribution in [2.24, 2.45) is 0 Å². The second-order valence-corrected chi connectivity index (χ2v) is 5.19. The lowest BCUT2D eigenvalue weighted by atomic mass is 10.2. The van der Waals surface area contributed by atoms with E-state index in [2.05, 4.69) is 15.1 Å². The third kappa shape index (κ3) is 2.56. The molecule has 118 valence electrons. The van der Waals surface area contributed by atoms with Crippen molar-refractivity contribution < 1.29 is 8.91 Å². The first kappa shape index (κ1) is 14.3. The predicted octanol–water partition coefficient (Wildman–Crippen LogP) is 2.63. The Morgan fingerprint density at radius 2 is 2.00 bits per heavy atom. The van der Waals surface area contributed by atoms with Crippen LogP contribution in [0, 0.1) is 5.82 Å². The van der Waals surface area contributed by atoms with Crippen molar-refractivity contribution in [1.82, 2.24) is 19.7 Å². The molecule has 0 bridgehead atoms. The third-order valence-electron chi connectivity index (χ3n) is 3.60. The quantitative estimate of drug-likeness (QED) is 0.580. The number of nitrogens with zero attached hydrogens (tertiary/aromatic N) is 4. The van der Waals surface area contributed by atoms with Crippen LogP contribution in [0.3, 0.4) is 0 Å². The van der Waals surface area contributed by atoms with E-state index in [1.807, 2.05) is 18.2 Å². The third-order valence-corrected chi connectivity index (χ3v) is 3.60. The summed E-state index contributed by atoms with van der Waals surface area (Å²) < 4.78 is 20.0. The molecule has 0 radical (unpaired) electrons. The van der Waals surface area contributed by atoms with Crippen molar-refractivity contribution in [3.8, 4) is 11.4 Å². The average molecular weight is 322 g/mol. The maximum atomic E-state index is 13.3. The summed E-state index contributed by atoms with van der Waals surface area (Å²) >= 11 is 0. The van der Waals surface area contributed by atoms with E-state index in [1.54, 1.807) is 18.2 Å². The largest absolute Gasteiger partial charge is 0.337 e. The Morgan fingerprint density at radius 1 is 1.12 bits per heavy atom. The molecule has 2 heterocycles. The highest BCUT2D eigenvalue weighted by Gasteiger charge is 2.12. The minimum absolute atomic E-state index is 0.115. The molecular weight excluding hydrogens is 311 g/mol. The fraction of sp³-hybridized carbons (Fsp3) is 0.0588. The van der Waals surface area contributed by atoms with E-state index in [0.29, 0.717) is 16.6 Å². The van der Waals surface area contributed by atoms with E-state index < -0.39 is 0 Å². The molecule has 0 saturated carbocycles. The van der Waals surface area contributed by atoms with Crippen LogP contribution < -0.4 is 5.56 Å². The van der Waals surface area contributed by atoms with Gasteiger partial charge in [0.25, 0.3) is 5.56 Å². The van der Waals surface area contributed by atoms with E-state index >= 15 is 0 Å². The van der Waals surface area contributed by atoms with E-state index in [0.717, 1.165) is 0 Å². The number of aromatic nitrogens is 4. The Hall–Kier alpha value is -3.35. The number of benzene rings is 2. The molecular formula is C17H11FN4O2. The van der Waals surface area contributed by atoms with Gasteiger partial charge < -0.3 is 4.52 Å². The van der Waals surface area contributed by atoms with Gasteiger partial charge in [-0.2, -0.15) is 4.98 Å². The maximum absolute atomic E-state index is 13.3. The van der Waals surface area contributed by atoms with Crippen LogP contribution in [0.1, 0.15) is 5.89 Å². The van der Waals surface area contributed by atoms with Crippen LogP contribution in [0.2, 0.25) is 0 Å². The van der Waals surface area contributed by atoms with Gasteiger partial charge in [0.2, 0.25) is 11.7 Å². The topological polar surface area (TPSA) is 73.8 Å². The summed E-state index contributed by atoms with van der Waals surface area (Å²) in [5.74, 6) is 0.152. The van der Waals surface area contributed by atoms with Crippen molar-refractivity contribution in [1.29, 1.82) is 0 Å². The number of hydrogen-bond donors (Lipinski definition) is 0. The molecule has 0 aliphatic rings. The Bertz CT molecular complexity index is 1090. The number of fused-ring (bicyclic) bond motifs is 1. The van der Waals surface area contributed by atoms with E-state index in [1.165, 1.54) is 22.9 Å². The van der Waals surface area contributed by atoms with Crippen molar-refractivity contribution >= 4 is 11.0 Å². The highest BCUT2D eigenvalue weighted by molar-refractivity contribution is 5.74. The van der Waals surface area contributed by atoms with Gasteiger partial charge in [0, 0.05) is 5.56 Å². The zero-order valence-corrected chi connectivity index (χ0v) is 12.4. The molecule has 2 aromatic heterocycles.